The Kier molecular flexibility index (Phi) is 3.02. The highest BCUT2D eigenvalue weighted by molar-refractivity contribution is 6.04. The number of aryl methyl sites for hydroxylation is 1. The molecule has 102 valence electrons. The fourth-order valence-electron chi connectivity index (χ4n) is 2.33. The number of amides is 1. The zero-order chi connectivity index (χ0) is 14.1. The van der Waals surface area contributed by atoms with E-state index in [2.05, 4.69) is 15.6 Å². The summed E-state index contributed by atoms with van der Waals surface area (Å²) in [4.78, 5) is 26.5. The third kappa shape index (κ3) is 2.30. The summed E-state index contributed by atoms with van der Waals surface area (Å²) < 4.78 is 0. The molecule has 2 aromatic rings. The molecule has 5 heteroatoms. The molecule has 0 unspecified atom stereocenters. The number of hydrogen-bond acceptors (Lipinski definition) is 3. The van der Waals surface area contributed by atoms with Crippen molar-refractivity contribution in [2.24, 2.45) is 0 Å². The van der Waals surface area contributed by atoms with E-state index >= 15 is 0 Å². The van der Waals surface area contributed by atoms with Crippen molar-refractivity contribution >= 4 is 17.3 Å². The van der Waals surface area contributed by atoms with Crippen LogP contribution in [-0.2, 0) is 6.42 Å². The molecular formula is C15H15N3O2. The van der Waals surface area contributed by atoms with Gasteiger partial charge in [0.25, 0.3) is 11.5 Å². The first-order chi connectivity index (χ1) is 9.63. The number of rotatable bonds is 2. The highest BCUT2D eigenvalue weighted by Crippen LogP contribution is 2.25. The third-order valence-corrected chi connectivity index (χ3v) is 3.37. The van der Waals surface area contributed by atoms with Gasteiger partial charge in [0.15, 0.2) is 0 Å². The molecule has 20 heavy (non-hydrogen) atoms. The number of aromatic amines is 1. The number of nitrogens with one attached hydrogen (secondary N) is 3. The summed E-state index contributed by atoms with van der Waals surface area (Å²) in [6, 6.07) is 8.96. The summed E-state index contributed by atoms with van der Waals surface area (Å²) in [5, 5.41) is 6.02. The highest BCUT2D eigenvalue weighted by Gasteiger charge is 2.13. The van der Waals surface area contributed by atoms with Gasteiger partial charge in [0.2, 0.25) is 0 Å². The Bertz CT molecular complexity index is 734. The molecule has 0 saturated carbocycles. The van der Waals surface area contributed by atoms with E-state index in [0.29, 0.717) is 5.69 Å². The van der Waals surface area contributed by atoms with Crippen LogP contribution in [0.3, 0.4) is 0 Å². The van der Waals surface area contributed by atoms with Crippen molar-refractivity contribution in [2.45, 2.75) is 13.3 Å². The molecule has 5 nitrogen and oxygen atoms in total. The van der Waals surface area contributed by atoms with Gasteiger partial charge in [-0.3, -0.25) is 9.59 Å². The van der Waals surface area contributed by atoms with Crippen molar-refractivity contribution in [3.8, 4) is 0 Å². The first-order valence-electron chi connectivity index (χ1n) is 6.51. The molecule has 0 radical (unpaired) electrons. The molecule has 1 aromatic carbocycles. The van der Waals surface area contributed by atoms with E-state index in [9.17, 15) is 9.59 Å². The van der Waals surface area contributed by atoms with E-state index in [1.807, 2.05) is 18.2 Å². The van der Waals surface area contributed by atoms with Gasteiger partial charge in [-0.2, -0.15) is 0 Å². The van der Waals surface area contributed by atoms with Crippen molar-refractivity contribution < 1.29 is 4.79 Å². The van der Waals surface area contributed by atoms with Gasteiger partial charge >= 0.3 is 0 Å². The number of pyridine rings is 1. The molecule has 1 aliphatic rings. The Morgan fingerprint density at radius 2 is 2.10 bits per heavy atom. The number of carbonyl (C=O) groups is 1. The maximum atomic E-state index is 12.1. The van der Waals surface area contributed by atoms with E-state index in [-0.39, 0.29) is 11.1 Å². The molecule has 1 amide bonds. The number of H-pyrrole nitrogens is 1. The highest BCUT2D eigenvalue weighted by atomic mass is 16.2. The molecule has 0 bridgehead atoms. The fraction of sp³-hybridized carbons (Fsp3) is 0.200. The lowest BCUT2D eigenvalue weighted by atomic mass is 10.1. The standard InChI is InChI=1S/C15H15N3O2/c1-9-2-4-12(14(19)17-9)15(20)18-11-3-5-13-10(8-11)6-7-16-13/h2-5,8,16H,6-7H2,1H3,(H,17,19)(H,18,20). The number of benzene rings is 1. The molecule has 2 heterocycles. The lowest BCUT2D eigenvalue weighted by Gasteiger charge is -2.07. The largest absolute Gasteiger partial charge is 0.384 e. The van der Waals surface area contributed by atoms with Gasteiger partial charge < -0.3 is 15.6 Å². The summed E-state index contributed by atoms with van der Waals surface area (Å²) in [5.74, 6) is -0.392. The fourth-order valence-corrected chi connectivity index (χ4v) is 2.33. The van der Waals surface area contributed by atoms with E-state index < -0.39 is 5.91 Å². The van der Waals surface area contributed by atoms with E-state index in [1.165, 1.54) is 5.56 Å². The molecule has 0 aliphatic carbocycles. The molecule has 1 aliphatic heterocycles. The monoisotopic (exact) mass is 269 g/mol. The van der Waals surface area contributed by atoms with E-state index in [0.717, 1.165) is 24.3 Å². The Balaban J connectivity index is 1.84. The molecule has 0 spiro atoms. The third-order valence-electron chi connectivity index (χ3n) is 3.37. The van der Waals surface area contributed by atoms with Gasteiger partial charge in [0, 0.05) is 23.6 Å². The van der Waals surface area contributed by atoms with Crippen LogP contribution in [0.25, 0.3) is 0 Å². The topological polar surface area (TPSA) is 74.0 Å². The van der Waals surface area contributed by atoms with E-state index in [1.54, 1.807) is 19.1 Å². The average Bonchev–Trinajstić information content (AvgIpc) is 2.85. The van der Waals surface area contributed by atoms with Crippen LogP contribution in [0.4, 0.5) is 11.4 Å². The molecular weight excluding hydrogens is 254 g/mol. The molecule has 0 fully saturated rings. The minimum atomic E-state index is -0.392. The summed E-state index contributed by atoms with van der Waals surface area (Å²) in [6.07, 6.45) is 0.949. The minimum Gasteiger partial charge on any atom is -0.384 e. The predicted molar refractivity (Wildman–Crippen MR) is 78.4 cm³/mol. The van der Waals surface area contributed by atoms with Crippen LogP contribution in [-0.4, -0.2) is 17.4 Å². The number of anilines is 2. The van der Waals surface area contributed by atoms with E-state index in [4.69, 9.17) is 0 Å². The van der Waals surface area contributed by atoms with Gasteiger partial charge in [0.05, 0.1) is 0 Å². The van der Waals surface area contributed by atoms with Gasteiger partial charge in [0.1, 0.15) is 5.56 Å². The van der Waals surface area contributed by atoms with Gasteiger partial charge in [-0.25, -0.2) is 0 Å². The average molecular weight is 269 g/mol. The Hall–Kier alpha value is -2.56. The number of carbonyl (C=O) groups excluding carboxylic acids is 1. The van der Waals surface area contributed by atoms with Crippen LogP contribution in [0.2, 0.25) is 0 Å². The second kappa shape index (κ2) is 4.85. The van der Waals surface area contributed by atoms with Crippen LogP contribution in [0, 0.1) is 6.92 Å². The Morgan fingerprint density at radius 1 is 1.25 bits per heavy atom. The summed E-state index contributed by atoms with van der Waals surface area (Å²) >= 11 is 0. The number of fused-ring (bicyclic) bond motifs is 1. The van der Waals surface area contributed by atoms with Crippen molar-refractivity contribution in [1.29, 1.82) is 0 Å². The van der Waals surface area contributed by atoms with Crippen LogP contribution in [0.5, 0.6) is 0 Å². The van der Waals surface area contributed by atoms with Crippen molar-refractivity contribution in [3.63, 3.8) is 0 Å². The predicted octanol–water partition coefficient (Wildman–Crippen LogP) is 1.90. The van der Waals surface area contributed by atoms with Crippen LogP contribution < -0.4 is 16.2 Å². The lowest BCUT2D eigenvalue weighted by Crippen LogP contribution is -2.23. The number of aromatic nitrogens is 1. The quantitative estimate of drug-likeness (QED) is 0.779. The molecule has 0 atom stereocenters. The second-order valence-corrected chi connectivity index (χ2v) is 4.89. The zero-order valence-corrected chi connectivity index (χ0v) is 11.1. The smallest absolute Gasteiger partial charge is 0.261 e. The SMILES string of the molecule is Cc1ccc(C(=O)Nc2ccc3c(c2)CCN3)c(=O)[nH]1. The molecule has 3 rings (SSSR count). The minimum absolute atomic E-state index is 0.120. The molecule has 1 aromatic heterocycles. The van der Waals surface area contributed by atoms with Gasteiger partial charge in [-0.1, -0.05) is 0 Å². The lowest BCUT2D eigenvalue weighted by molar-refractivity contribution is 0.102. The van der Waals surface area contributed by atoms with Crippen LogP contribution in [0.15, 0.2) is 35.1 Å². The van der Waals surface area contributed by atoms with Gasteiger partial charge in [-0.05, 0) is 49.2 Å². The van der Waals surface area contributed by atoms with Gasteiger partial charge in [-0.15, -0.1) is 0 Å². The maximum Gasteiger partial charge on any atom is 0.261 e. The Labute approximate surface area is 116 Å². The maximum absolute atomic E-state index is 12.1. The first kappa shape index (κ1) is 12.5. The van der Waals surface area contributed by atoms with Crippen molar-refractivity contribution in [2.75, 3.05) is 17.2 Å². The number of hydrogen-bond donors (Lipinski definition) is 3. The normalized spacial score (nSPS) is 12.7. The zero-order valence-electron chi connectivity index (χ0n) is 11.1. The van der Waals surface area contributed by atoms with Crippen LogP contribution >= 0.6 is 0 Å². The summed E-state index contributed by atoms with van der Waals surface area (Å²) in [6.45, 7) is 2.70. The second-order valence-electron chi connectivity index (χ2n) is 4.89. The summed E-state index contributed by atoms with van der Waals surface area (Å²) in [5.41, 5.74) is 3.48. The molecule has 3 N–H and O–H groups in total. The molecule has 0 saturated heterocycles. The summed E-state index contributed by atoms with van der Waals surface area (Å²) in [7, 11) is 0. The van der Waals surface area contributed by atoms with Crippen molar-refractivity contribution in [1.82, 2.24) is 4.98 Å². The Morgan fingerprint density at radius 3 is 2.90 bits per heavy atom. The van der Waals surface area contributed by atoms with Crippen molar-refractivity contribution in [3.05, 3.63) is 57.5 Å². The van der Waals surface area contributed by atoms with Crippen LogP contribution in [0.1, 0.15) is 21.6 Å². The first-order valence-corrected chi connectivity index (χ1v) is 6.51.